The van der Waals surface area contributed by atoms with Crippen molar-refractivity contribution in [2.75, 3.05) is 37.7 Å². The van der Waals surface area contributed by atoms with Crippen molar-refractivity contribution in [1.29, 1.82) is 0 Å². The van der Waals surface area contributed by atoms with E-state index in [0.717, 1.165) is 0 Å². The van der Waals surface area contributed by atoms with Gasteiger partial charge in [0.25, 0.3) is 20.2 Å². The van der Waals surface area contributed by atoms with Gasteiger partial charge in [0.1, 0.15) is 0 Å². The first-order valence-electron chi connectivity index (χ1n) is 5.52. The van der Waals surface area contributed by atoms with E-state index in [1.54, 1.807) is 4.90 Å². The number of piperazine rings is 1. The molecule has 0 radical (unpaired) electrons. The van der Waals surface area contributed by atoms with Gasteiger partial charge in [0, 0.05) is 32.2 Å². The fraction of sp³-hybridized carbons (Fsp3) is 1.00. The summed E-state index contributed by atoms with van der Waals surface area (Å²) < 4.78 is 60.1. The molecule has 1 atom stereocenters. The fourth-order valence-electron chi connectivity index (χ4n) is 1.90. The maximum atomic E-state index is 10.7. The number of hydrogen-bond donors (Lipinski definition) is 3. The van der Waals surface area contributed by atoms with Gasteiger partial charge in [-0.15, -0.1) is 0 Å². The summed E-state index contributed by atoms with van der Waals surface area (Å²) in [5.41, 5.74) is 0. The van der Waals surface area contributed by atoms with Gasteiger partial charge in [0.15, 0.2) is 0 Å². The maximum absolute atomic E-state index is 10.7. The molecule has 8 nitrogen and oxygen atoms in total. The van der Waals surface area contributed by atoms with E-state index < -0.39 is 20.2 Å². The minimum absolute atomic E-state index is 0.149. The molecule has 1 aliphatic rings. The van der Waals surface area contributed by atoms with Gasteiger partial charge in [-0.1, -0.05) is 0 Å². The molecule has 18 heavy (non-hydrogen) atoms. The molecule has 1 unspecified atom stereocenters. The van der Waals surface area contributed by atoms with Crippen molar-refractivity contribution in [2.45, 2.75) is 12.5 Å². The molecule has 0 aromatic carbocycles. The first kappa shape index (κ1) is 15.8. The second kappa shape index (κ2) is 6.26. The molecular weight excluding hydrogens is 284 g/mol. The highest BCUT2D eigenvalue weighted by atomic mass is 32.2. The normalized spacial score (nSPS) is 23.1. The second-order valence-electron chi connectivity index (χ2n) is 4.25. The van der Waals surface area contributed by atoms with Crippen molar-refractivity contribution in [2.24, 2.45) is 0 Å². The van der Waals surface area contributed by atoms with Gasteiger partial charge >= 0.3 is 0 Å². The third-order valence-corrected chi connectivity index (χ3v) is 4.27. The summed E-state index contributed by atoms with van der Waals surface area (Å²) in [7, 11) is -8.03. The van der Waals surface area contributed by atoms with Crippen LogP contribution in [0.15, 0.2) is 0 Å². The average Bonchev–Trinajstić information content (AvgIpc) is 2.22. The van der Waals surface area contributed by atoms with Crippen LogP contribution in [0.1, 0.15) is 6.42 Å². The van der Waals surface area contributed by atoms with Crippen molar-refractivity contribution in [1.82, 2.24) is 10.2 Å². The molecule has 0 aromatic rings. The summed E-state index contributed by atoms with van der Waals surface area (Å²) in [5.74, 6) is -0.739. The Hall–Kier alpha value is -0.260. The molecule has 1 fully saturated rings. The van der Waals surface area contributed by atoms with Crippen LogP contribution in [-0.2, 0) is 20.2 Å². The lowest BCUT2D eigenvalue weighted by molar-refractivity contribution is 0.165. The Balaban J connectivity index is 2.52. The van der Waals surface area contributed by atoms with Crippen LogP contribution >= 0.6 is 0 Å². The van der Waals surface area contributed by atoms with Crippen LogP contribution in [-0.4, -0.2) is 74.6 Å². The van der Waals surface area contributed by atoms with Crippen molar-refractivity contribution in [3.05, 3.63) is 0 Å². The third kappa shape index (κ3) is 6.61. The number of rotatable bonds is 6. The molecule has 3 N–H and O–H groups in total. The van der Waals surface area contributed by atoms with E-state index in [-0.39, 0.29) is 30.5 Å². The zero-order chi connectivity index (χ0) is 13.8. The first-order chi connectivity index (χ1) is 8.17. The Labute approximate surface area is 107 Å². The van der Waals surface area contributed by atoms with Crippen LogP contribution in [0.2, 0.25) is 0 Å². The van der Waals surface area contributed by atoms with Crippen molar-refractivity contribution < 1.29 is 25.9 Å². The van der Waals surface area contributed by atoms with Gasteiger partial charge in [-0.3, -0.25) is 14.0 Å². The lowest BCUT2D eigenvalue weighted by Crippen LogP contribution is -2.52. The second-order valence-corrected chi connectivity index (χ2v) is 7.40. The molecule has 108 valence electrons. The minimum Gasteiger partial charge on any atom is -0.314 e. The van der Waals surface area contributed by atoms with Gasteiger partial charge in [-0.2, -0.15) is 16.8 Å². The van der Waals surface area contributed by atoms with Crippen LogP contribution in [0, 0.1) is 0 Å². The van der Waals surface area contributed by atoms with E-state index in [0.29, 0.717) is 19.6 Å². The molecular formula is C8H18N2O6S2. The summed E-state index contributed by atoms with van der Waals surface area (Å²) in [6, 6.07) is -0.164. The summed E-state index contributed by atoms with van der Waals surface area (Å²) >= 11 is 0. The summed E-state index contributed by atoms with van der Waals surface area (Å²) in [6.07, 6.45) is 0.220. The number of nitrogens with one attached hydrogen (secondary N) is 1. The van der Waals surface area contributed by atoms with Crippen molar-refractivity contribution in [3.8, 4) is 0 Å². The Bertz CT molecular complexity index is 416. The smallest absolute Gasteiger partial charge is 0.266 e. The summed E-state index contributed by atoms with van der Waals surface area (Å²) in [6.45, 7) is 1.93. The van der Waals surface area contributed by atoms with Crippen LogP contribution in [0.5, 0.6) is 0 Å². The van der Waals surface area contributed by atoms with Crippen molar-refractivity contribution >= 4 is 20.2 Å². The maximum Gasteiger partial charge on any atom is 0.266 e. The molecule has 0 saturated carbocycles. The summed E-state index contributed by atoms with van der Waals surface area (Å²) in [5, 5.41) is 3.07. The van der Waals surface area contributed by atoms with E-state index in [1.165, 1.54) is 0 Å². The molecule has 1 rings (SSSR count). The quantitative estimate of drug-likeness (QED) is 0.503. The highest BCUT2D eigenvalue weighted by Gasteiger charge is 2.24. The molecule has 0 aromatic heterocycles. The zero-order valence-electron chi connectivity index (χ0n) is 9.82. The highest BCUT2D eigenvalue weighted by molar-refractivity contribution is 7.86. The van der Waals surface area contributed by atoms with E-state index >= 15 is 0 Å². The highest BCUT2D eigenvalue weighted by Crippen LogP contribution is 2.09. The molecule has 0 aliphatic carbocycles. The SMILES string of the molecule is O=S(=O)(O)CCC1CNCCN1CCS(=O)(=O)O. The van der Waals surface area contributed by atoms with Crippen LogP contribution in [0.3, 0.4) is 0 Å². The first-order valence-corrected chi connectivity index (χ1v) is 8.74. The predicted molar refractivity (Wildman–Crippen MR) is 65.7 cm³/mol. The fourth-order valence-corrected chi connectivity index (χ4v) is 2.93. The molecule has 10 heteroatoms. The van der Waals surface area contributed by atoms with Gasteiger partial charge in [-0.25, -0.2) is 0 Å². The van der Waals surface area contributed by atoms with E-state index in [9.17, 15) is 16.8 Å². The van der Waals surface area contributed by atoms with Gasteiger partial charge in [0.2, 0.25) is 0 Å². The van der Waals surface area contributed by atoms with E-state index in [1.807, 2.05) is 0 Å². The lowest BCUT2D eigenvalue weighted by atomic mass is 10.1. The molecule has 0 bridgehead atoms. The van der Waals surface area contributed by atoms with Gasteiger partial charge < -0.3 is 5.32 Å². The standard InChI is InChI=1S/C8H18N2O6S2/c11-17(12,13)5-1-8-7-9-2-3-10(8)4-6-18(14,15)16/h8-9H,1-7H2,(H,11,12,13)(H,14,15,16). The molecule has 1 heterocycles. The number of hydrogen-bond acceptors (Lipinski definition) is 6. The molecule has 0 amide bonds. The van der Waals surface area contributed by atoms with Crippen LogP contribution in [0.25, 0.3) is 0 Å². The Morgan fingerprint density at radius 3 is 2.28 bits per heavy atom. The third-order valence-electron chi connectivity index (χ3n) is 2.82. The van der Waals surface area contributed by atoms with Crippen LogP contribution < -0.4 is 5.32 Å². The van der Waals surface area contributed by atoms with E-state index in [4.69, 9.17) is 9.11 Å². The Kier molecular flexibility index (Phi) is 5.49. The van der Waals surface area contributed by atoms with Crippen molar-refractivity contribution in [3.63, 3.8) is 0 Å². The zero-order valence-corrected chi connectivity index (χ0v) is 11.5. The molecule has 1 aliphatic heterocycles. The lowest BCUT2D eigenvalue weighted by Gasteiger charge is -2.35. The van der Waals surface area contributed by atoms with Gasteiger partial charge in [0.05, 0.1) is 11.5 Å². The van der Waals surface area contributed by atoms with E-state index in [2.05, 4.69) is 5.32 Å². The minimum atomic E-state index is -4.02. The largest absolute Gasteiger partial charge is 0.314 e. The Morgan fingerprint density at radius 1 is 1.11 bits per heavy atom. The molecule has 0 spiro atoms. The Morgan fingerprint density at radius 2 is 1.72 bits per heavy atom. The average molecular weight is 302 g/mol. The summed E-state index contributed by atoms with van der Waals surface area (Å²) in [4.78, 5) is 1.80. The predicted octanol–water partition coefficient (Wildman–Crippen LogP) is -1.57. The topological polar surface area (TPSA) is 124 Å². The van der Waals surface area contributed by atoms with Gasteiger partial charge in [-0.05, 0) is 6.42 Å². The monoisotopic (exact) mass is 302 g/mol. The molecule has 1 saturated heterocycles. The van der Waals surface area contributed by atoms with Crippen LogP contribution in [0.4, 0.5) is 0 Å². The number of nitrogens with zero attached hydrogens (tertiary/aromatic N) is 1.